The second-order valence-electron chi connectivity index (χ2n) is 16.4. The van der Waals surface area contributed by atoms with Crippen LogP contribution in [0.2, 0.25) is 0 Å². The van der Waals surface area contributed by atoms with E-state index >= 15 is 0 Å². The van der Waals surface area contributed by atoms with E-state index in [0.29, 0.717) is 0 Å². The zero-order chi connectivity index (χ0) is 40.1. The smallest absolute Gasteiger partial charge is 0.0719 e. The highest BCUT2D eigenvalue weighted by atomic mass is 15.1. The van der Waals surface area contributed by atoms with E-state index < -0.39 is 5.41 Å². The van der Waals surface area contributed by atoms with Crippen molar-refractivity contribution < 1.29 is 0 Å². The largest absolute Gasteiger partial charge is 0.311 e. The first-order chi connectivity index (χ1) is 30.3. The molecule has 1 aliphatic rings. The molecule has 0 fully saturated rings. The van der Waals surface area contributed by atoms with Crippen LogP contribution in [0.5, 0.6) is 0 Å². The van der Waals surface area contributed by atoms with Gasteiger partial charge in [-0.15, -0.1) is 0 Å². The van der Waals surface area contributed by atoms with Crippen LogP contribution in [0.1, 0.15) is 22.3 Å². The maximum absolute atomic E-state index is 2.44. The molecular weight excluding hydrogens is 737 g/mol. The maximum atomic E-state index is 2.44. The highest BCUT2D eigenvalue weighted by Crippen LogP contribution is 2.58. The molecule has 0 bridgehead atoms. The summed E-state index contributed by atoms with van der Waals surface area (Å²) >= 11 is 0. The van der Waals surface area contributed by atoms with Gasteiger partial charge in [0, 0.05) is 33.5 Å². The molecule has 0 saturated heterocycles. The van der Waals surface area contributed by atoms with Gasteiger partial charge < -0.3 is 9.47 Å². The number of para-hydroxylation sites is 4. The van der Waals surface area contributed by atoms with Crippen LogP contribution in [0.4, 0.5) is 17.1 Å². The molecule has 0 amide bonds. The lowest BCUT2D eigenvalue weighted by atomic mass is 9.66. The topological polar surface area (TPSA) is 8.17 Å². The summed E-state index contributed by atoms with van der Waals surface area (Å²) in [6, 6.07) is 85.3. The van der Waals surface area contributed by atoms with Crippen LogP contribution in [0.15, 0.2) is 231 Å². The Bertz CT molecular complexity index is 3540. The third kappa shape index (κ3) is 4.73. The van der Waals surface area contributed by atoms with E-state index in [1.165, 1.54) is 93.2 Å². The number of hydrogen-bond donors (Lipinski definition) is 0. The van der Waals surface area contributed by atoms with Crippen molar-refractivity contribution in [2.45, 2.75) is 5.41 Å². The monoisotopic (exact) mass is 774 g/mol. The molecule has 2 heteroatoms. The van der Waals surface area contributed by atoms with Gasteiger partial charge in [-0.1, -0.05) is 170 Å². The Kier molecular flexibility index (Phi) is 7.26. The van der Waals surface area contributed by atoms with Crippen molar-refractivity contribution in [1.82, 2.24) is 4.57 Å². The third-order valence-electron chi connectivity index (χ3n) is 13.4. The first-order valence-electron chi connectivity index (χ1n) is 21.2. The van der Waals surface area contributed by atoms with Gasteiger partial charge in [-0.05, 0) is 126 Å². The molecule has 0 spiro atoms. The Morgan fingerprint density at radius 1 is 0.328 bits per heavy atom. The van der Waals surface area contributed by atoms with Crippen molar-refractivity contribution in [2.75, 3.05) is 4.90 Å². The van der Waals surface area contributed by atoms with Crippen molar-refractivity contribution >= 4 is 71.2 Å². The summed E-state index contributed by atoms with van der Waals surface area (Å²) in [4.78, 5) is 2.35. The number of benzene rings is 11. The fraction of sp³-hybridized carbons (Fsp3) is 0.0169. The Hall–Kier alpha value is -7.94. The van der Waals surface area contributed by atoms with Crippen LogP contribution in [-0.4, -0.2) is 4.57 Å². The molecule has 0 N–H and O–H groups in total. The molecule has 2 nitrogen and oxygen atoms in total. The SMILES string of the molecule is c1ccc(N(c2ccccc2)c2ccc(C3(c4ccc5ccc6c7c(ccc4c57)cc4c6c5ccccc5n4-c4ccccc4)c4ccccc4-c4ccccc43)cc2)cc1. The van der Waals surface area contributed by atoms with E-state index in [0.717, 1.165) is 17.1 Å². The summed E-state index contributed by atoms with van der Waals surface area (Å²) in [5, 5.41) is 10.3. The van der Waals surface area contributed by atoms with Gasteiger partial charge in [0.05, 0.1) is 16.4 Å². The highest BCUT2D eigenvalue weighted by molar-refractivity contribution is 6.33. The number of rotatable bonds is 6. The molecule has 0 saturated carbocycles. The normalized spacial score (nSPS) is 13.0. The van der Waals surface area contributed by atoms with Crippen LogP contribution in [0, 0.1) is 0 Å². The van der Waals surface area contributed by atoms with Gasteiger partial charge in [-0.2, -0.15) is 0 Å². The van der Waals surface area contributed by atoms with Crippen LogP contribution < -0.4 is 4.90 Å². The molecule has 12 aromatic rings. The Morgan fingerprint density at radius 2 is 0.852 bits per heavy atom. The molecule has 1 heterocycles. The van der Waals surface area contributed by atoms with Gasteiger partial charge in [0.25, 0.3) is 0 Å². The third-order valence-corrected chi connectivity index (χ3v) is 13.4. The zero-order valence-corrected chi connectivity index (χ0v) is 33.3. The predicted molar refractivity (Wildman–Crippen MR) is 256 cm³/mol. The summed E-state index contributed by atoms with van der Waals surface area (Å²) in [6.45, 7) is 0. The van der Waals surface area contributed by atoms with Crippen molar-refractivity contribution in [2.24, 2.45) is 0 Å². The minimum atomic E-state index is -0.572. The maximum Gasteiger partial charge on any atom is 0.0719 e. The first-order valence-corrected chi connectivity index (χ1v) is 21.2. The first kappa shape index (κ1) is 34.0. The lowest BCUT2D eigenvalue weighted by Crippen LogP contribution is -2.29. The lowest BCUT2D eigenvalue weighted by molar-refractivity contribution is 0.777. The van der Waals surface area contributed by atoms with Gasteiger partial charge >= 0.3 is 0 Å². The van der Waals surface area contributed by atoms with Gasteiger partial charge in [0.2, 0.25) is 0 Å². The van der Waals surface area contributed by atoms with Crippen LogP contribution in [-0.2, 0) is 5.41 Å². The summed E-state index contributed by atoms with van der Waals surface area (Å²) in [5.41, 5.74) is 14.2. The molecule has 0 aliphatic heterocycles. The van der Waals surface area contributed by atoms with E-state index in [1.54, 1.807) is 0 Å². The van der Waals surface area contributed by atoms with Crippen molar-refractivity contribution in [1.29, 1.82) is 0 Å². The Labute approximate surface area is 354 Å². The Morgan fingerprint density at radius 3 is 1.54 bits per heavy atom. The number of anilines is 3. The average Bonchev–Trinajstić information content (AvgIpc) is 3.83. The summed E-state index contributed by atoms with van der Waals surface area (Å²) in [7, 11) is 0. The fourth-order valence-electron chi connectivity index (χ4n) is 11.0. The highest BCUT2D eigenvalue weighted by Gasteiger charge is 2.47. The van der Waals surface area contributed by atoms with Crippen molar-refractivity contribution in [3.05, 3.63) is 253 Å². The minimum Gasteiger partial charge on any atom is -0.311 e. The number of fused-ring (bicyclic) bond motifs is 7. The van der Waals surface area contributed by atoms with Crippen LogP contribution in [0.3, 0.4) is 0 Å². The quantitative estimate of drug-likeness (QED) is 0.153. The number of aromatic nitrogens is 1. The molecule has 0 atom stereocenters. The zero-order valence-electron chi connectivity index (χ0n) is 33.3. The van der Waals surface area contributed by atoms with Gasteiger partial charge in [-0.25, -0.2) is 0 Å². The number of nitrogens with zero attached hydrogens (tertiary/aromatic N) is 2. The van der Waals surface area contributed by atoms with Gasteiger partial charge in [0.1, 0.15) is 0 Å². The fourth-order valence-corrected chi connectivity index (χ4v) is 11.0. The molecule has 1 aromatic heterocycles. The second kappa shape index (κ2) is 13.0. The van der Waals surface area contributed by atoms with Crippen molar-refractivity contribution in [3.8, 4) is 16.8 Å². The van der Waals surface area contributed by atoms with Gasteiger partial charge in [0.15, 0.2) is 0 Å². The molecule has 61 heavy (non-hydrogen) atoms. The molecule has 11 aromatic carbocycles. The second-order valence-corrected chi connectivity index (χ2v) is 16.4. The standard InChI is InChI=1S/C59H38N2/c1-4-16-42(17-5-1)60(43-18-6-2-7-19-43)45-33-31-41(32-34-45)59(51-25-13-10-22-46(51)47-23-11-14-26-52(47)59)53-37-30-39-28-36-50-57-40(29-35-48(53)56(39)57)38-55-58(50)49-24-12-15-27-54(49)61(55)44-20-8-3-9-21-44/h1-38H. The summed E-state index contributed by atoms with van der Waals surface area (Å²) in [6.07, 6.45) is 0. The molecule has 13 rings (SSSR count). The van der Waals surface area contributed by atoms with E-state index in [9.17, 15) is 0 Å². The van der Waals surface area contributed by atoms with E-state index in [4.69, 9.17) is 0 Å². The van der Waals surface area contributed by atoms with E-state index in [2.05, 4.69) is 240 Å². The molecular formula is C59H38N2. The molecule has 284 valence electrons. The van der Waals surface area contributed by atoms with E-state index in [1.807, 2.05) is 0 Å². The lowest BCUT2D eigenvalue weighted by Gasteiger charge is -2.36. The molecule has 0 radical (unpaired) electrons. The summed E-state index contributed by atoms with van der Waals surface area (Å²) < 4.78 is 2.44. The average molecular weight is 775 g/mol. The molecule has 0 unspecified atom stereocenters. The number of hydrogen-bond acceptors (Lipinski definition) is 1. The minimum absolute atomic E-state index is 0.572. The predicted octanol–water partition coefficient (Wildman–Crippen LogP) is 15.5. The van der Waals surface area contributed by atoms with Crippen LogP contribution in [0.25, 0.3) is 70.9 Å². The van der Waals surface area contributed by atoms with E-state index in [-0.39, 0.29) is 0 Å². The summed E-state index contributed by atoms with van der Waals surface area (Å²) in [5.74, 6) is 0. The van der Waals surface area contributed by atoms with Gasteiger partial charge in [-0.3, -0.25) is 0 Å². The van der Waals surface area contributed by atoms with Crippen molar-refractivity contribution in [3.63, 3.8) is 0 Å². The molecule has 1 aliphatic carbocycles. The van der Waals surface area contributed by atoms with Crippen LogP contribution >= 0.6 is 0 Å². The Balaban J connectivity index is 1.10.